The second-order valence-corrected chi connectivity index (χ2v) is 7.04. The van der Waals surface area contributed by atoms with Crippen molar-refractivity contribution in [1.29, 1.82) is 0 Å². The van der Waals surface area contributed by atoms with Gasteiger partial charge in [0.2, 0.25) is 0 Å². The number of ether oxygens (including phenoxy) is 1. The number of nitrogens with zero attached hydrogens (tertiary/aromatic N) is 4. The van der Waals surface area contributed by atoms with Crippen molar-refractivity contribution >= 4 is 17.4 Å². The van der Waals surface area contributed by atoms with Crippen molar-refractivity contribution in [2.75, 3.05) is 62.3 Å². The fraction of sp³-hybridized carbons (Fsp3) is 0.429. The molecular formula is C21H27N5O2. The summed E-state index contributed by atoms with van der Waals surface area (Å²) in [6.07, 6.45) is 1.74. The summed E-state index contributed by atoms with van der Waals surface area (Å²) in [6.45, 7) is 6.95. The van der Waals surface area contributed by atoms with Gasteiger partial charge in [-0.15, -0.1) is 0 Å². The summed E-state index contributed by atoms with van der Waals surface area (Å²) in [5.74, 6) is 0. The third-order valence-electron chi connectivity index (χ3n) is 5.29. The molecule has 2 aromatic rings. The van der Waals surface area contributed by atoms with Crippen LogP contribution >= 0.6 is 0 Å². The number of carbonyl (C=O) groups is 1. The molecular weight excluding hydrogens is 354 g/mol. The fourth-order valence-corrected chi connectivity index (χ4v) is 3.73. The van der Waals surface area contributed by atoms with E-state index in [0.717, 1.165) is 45.1 Å². The van der Waals surface area contributed by atoms with Gasteiger partial charge >= 0.3 is 6.03 Å². The van der Waals surface area contributed by atoms with Crippen LogP contribution in [0.3, 0.4) is 0 Å². The highest BCUT2D eigenvalue weighted by Crippen LogP contribution is 2.30. The first-order chi connectivity index (χ1) is 13.8. The minimum atomic E-state index is -0.0215. The minimum Gasteiger partial charge on any atom is -0.378 e. The van der Waals surface area contributed by atoms with E-state index >= 15 is 0 Å². The number of pyridine rings is 1. The normalized spacial score (nSPS) is 17.5. The van der Waals surface area contributed by atoms with Crippen molar-refractivity contribution in [2.24, 2.45) is 0 Å². The molecule has 2 amide bonds. The topological polar surface area (TPSA) is 60.9 Å². The van der Waals surface area contributed by atoms with Crippen molar-refractivity contribution < 1.29 is 9.53 Å². The molecule has 0 bridgehead atoms. The summed E-state index contributed by atoms with van der Waals surface area (Å²) in [7, 11) is 0. The fourth-order valence-electron chi connectivity index (χ4n) is 3.73. The van der Waals surface area contributed by atoms with Crippen molar-refractivity contribution in [2.45, 2.75) is 6.54 Å². The van der Waals surface area contributed by atoms with E-state index in [2.05, 4.69) is 44.4 Å². The molecule has 0 atom stereocenters. The number of hydrogen-bond donors (Lipinski definition) is 1. The van der Waals surface area contributed by atoms with Crippen LogP contribution in [0, 0.1) is 0 Å². The van der Waals surface area contributed by atoms with Crippen molar-refractivity contribution in [1.82, 2.24) is 15.2 Å². The zero-order valence-electron chi connectivity index (χ0n) is 16.1. The molecule has 0 unspecified atom stereocenters. The van der Waals surface area contributed by atoms with Gasteiger partial charge in [-0.2, -0.15) is 0 Å². The van der Waals surface area contributed by atoms with Crippen LogP contribution in [0.5, 0.6) is 0 Å². The summed E-state index contributed by atoms with van der Waals surface area (Å²) in [6, 6.07) is 14.3. The second-order valence-electron chi connectivity index (χ2n) is 7.04. The summed E-state index contributed by atoms with van der Waals surface area (Å²) < 4.78 is 5.49. The van der Waals surface area contributed by atoms with Crippen molar-refractivity contribution in [3.63, 3.8) is 0 Å². The Morgan fingerprint density at radius 1 is 0.893 bits per heavy atom. The summed E-state index contributed by atoms with van der Waals surface area (Å²) in [4.78, 5) is 23.4. The Hall–Kier alpha value is -2.80. The standard InChI is InChI=1S/C21H27N5O2/c27-21(23-17-18-5-3-4-8-22-18)26-11-9-24(10-12-26)19-6-1-2-7-20(19)25-13-15-28-16-14-25/h1-8H,9-17H2,(H,23,27). The van der Waals surface area contributed by atoms with Crippen molar-refractivity contribution in [3.05, 3.63) is 54.4 Å². The van der Waals surface area contributed by atoms with E-state index < -0.39 is 0 Å². The van der Waals surface area contributed by atoms with Crippen LogP contribution in [0.4, 0.5) is 16.2 Å². The van der Waals surface area contributed by atoms with E-state index in [0.29, 0.717) is 19.6 Å². The number of para-hydroxylation sites is 2. The lowest BCUT2D eigenvalue weighted by molar-refractivity contribution is 0.122. The predicted octanol–water partition coefficient (Wildman–Crippen LogP) is 1.95. The van der Waals surface area contributed by atoms with Crippen LogP contribution in [-0.4, -0.2) is 68.4 Å². The van der Waals surface area contributed by atoms with Gasteiger partial charge in [0.1, 0.15) is 0 Å². The smallest absolute Gasteiger partial charge is 0.317 e. The van der Waals surface area contributed by atoms with Gasteiger partial charge < -0.3 is 24.8 Å². The SMILES string of the molecule is O=C(NCc1ccccn1)N1CCN(c2ccccc2N2CCOCC2)CC1. The van der Waals surface area contributed by atoms with Gasteiger partial charge in [0.15, 0.2) is 0 Å². The lowest BCUT2D eigenvalue weighted by Gasteiger charge is -2.39. The lowest BCUT2D eigenvalue weighted by Crippen LogP contribution is -2.52. The first-order valence-electron chi connectivity index (χ1n) is 9.90. The molecule has 148 valence electrons. The molecule has 0 spiro atoms. The molecule has 7 heteroatoms. The van der Waals surface area contributed by atoms with Crippen LogP contribution in [-0.2, 0) is 11.3 Å². The molecule has 2 aliphatic heterocycles. The van der Waals surface area contributed by atoms with E-state index in [1.54, 1.807) is 6.20 Å². The Kier molecular flexibility index (Phi) is 5.92. The van der Waals surface area contributed by atoms with Gasteiger partial charge in [-0.05, 0) is 24.3 Å². The molecule has 1 aromatic heterocycles. The number of benzene rings is 1. The quantitative estimate of drug-likeness (QED) is 0.877. The molecule has 2 aliphatic rings. The highest BCUT2D eigenvalue weighted by atomic mass is 16.5. The third-order valence-corrected chi connectivity index (χ3v) is 5.29. The van der Waals surface area contributed by atoms with Gasteiger partial charge in [0.05, 0.1) is 36.8 Å². The zero-order chi connectivity index (χ0) is 19.2. The van der Waals surface area contributed by atoms with Gasteiger partial charge in [0.25, 0.3) is 0 Å². The average Bonchev–Trinajstić information content (AvgIpc) is 2.79. The molecule has 3 heterocycles. The molecule has 1 aromatic carbocycles. The van der Waals surface area contributed by atoms with Gasteiger partial charge in [-0.25, -0.2) is 4.79 Å². The largest absolute Gasteiger partial charge is 0.378 e. The van der Waals surface area contributed by atoms with Gasteiger partial charge in [-0.1, -0.05) is 18.2 Å². The number of anilines is 2. The van der Waals surface area contributed by atoms with E-state index in [4.69, 9.17) is 4.74 Å². The molecule has 0 aliphatic carbocycles. The molecule has 28 heavy (non-hydrogen) atoms. The number of piperazine rings is 1. The molecule has 7 nitrogen and oxygen atoms in total. The van der Waals surface area contributed by atoms with Gasteiger partial charge in [0, 0.05) is 45.5 Å². The van der Waals surface area contributed by atoms with Crippen LogP contribution in [0.1, 0.15) is 5.69 Å². The maximum absolute atomic E-state index is 12.5. The monoisotopic (exact) mass is 381 g/mol. The van der Waals surface area contributed by atoms with Crippen LogP contribution in [0.2, 0.25) is 0 Å². The Morgan fingerprint density at radius 3 is 2.18 bits per heavy atom. The third kappa shape index (κ3) is 4.36. The highest BCUT2D eigenvalue weighted by Gasteiger charge is 2.24. The Morgan fingerprint density at radius 2 is 1.54 bits per heavy atom. The number of carbonyl (C=O) groups excluding carboxylic acids is 1. The Labute approximate surface area is 165 Å². The minimum absolute atomic E-state index is 0.0215. The molecule has 0 radical (unpaired) electrons. The number of aromatic nitrogens is 1. The highest BCUT2D eigenvalue weighted by molar-refractivity contribution is 5.75. The van der Waals surface area contributed by atoms with E-state index in [9.17, 15) is 4.79 Å². The first kappa shape index (κ1) is 18.6. The predicted molar refractivity (Wildman–Crippen MR) is 110 cm³/mol. The van der Waals surface area contributed by atoms with E-state index in [1.165, 1.54) is 11.4 Å². The van der Waals surface area contributed by atoms with E-state index in [-0.39, 0.29) is 6.03 Å². The molecule has 0 saturated carbocycles. The Balaban J connectivity index is 1.33. The van der Waals surface area contributed by atoms with E-state index in [1.807, 2.05) is 23.1 Å². The van der Waals surface area contributed by atoms with Crippen LogP contribution in [0.25, 0.3) is 0 Å². The zero-order valence-corrected chi connectivity index (χ0v) is 16.1. The number of hydrogen-bond acceptors (Lipinski definition) is 5. The number of morpholine rings is 1. The average molecular weight is 381 g/mol. The molecule has 2 saturated heterocycles. The molecule has 1 N–H and O–H groups in total. The lowest BCUT2D eigenvalue weighted by atomic mass is 10.2. The second kappa shape index (κ2) is 8.93. The molecule has 4 rings (SSSR count). The van der Waals surface area contributed by atoms with Crippen LogP contribution in [0.15, 0.2) is 48.7 Å². The number of rotatable bonds is 4. The number of urea groups is 1. The van der Waals surface area contributed by atoms with Crippen molar-refractivity contribution in [3.8, 4) is 0 Å². The summed E-state index contributed by atoms with van der Waals surface area (Å²) >= 11 is 0. The Bertz CT molecular complexity index is 771. The summed E-state index contributed by atoms with van der Waals surface area (Å²) in [5, 5.41) is 2.97. The van der Waals surface area contributed by atoms with Gasteiger partial charge in [-0.3, -0.25) is 4.98 Å². The maximum Gasteiger partial charge on any atom is 0.317 e. The molecule has 2 fully saturated rings. The number of amides is 2. The first-order valence-corrected chi connectivity index (χ1v) is 9.90. The van der Waals surface area contributed by atoms with Crippen LogP contribution < -0.4 is 15.1 Å². The summed E-state index contributed by atoms with van der Waals surface area (Å²) in [5.41, 5.74) is 3.38. The number of nitrogens with one attached hydrogen (secondary N) is 1. The maximum atomic E-state index is 12.5.